The van der Waals surface area contributed by atoms with Crippen LogP contribution in [0.5, 0.6) is 0 Å². The second-order valence-corrected chi connectivity index (χ2v) is 5.31. The quantitative estimate of drug-likeness (QED) is 0.636. The number of anilines is 1. The molecule has 1 aromatic rings. The lowest BCUT2D eigenvalue weighted by Crippen LogP contribution is -2.25. The number of benzene rings is 1. The first-order valence-corrected chi connectivity index (χ1v) is 6.36. The molecule has 2 heterocycles. The summed E-state index contributed by atoms with van der Waals surface area (Å²) in [6.07, 6.45) is 0. The third-order valence-electron chi connectivity index (χ3n) is 4.14. The summed E-state index contributed by atoms with van der Waals surface area (Å²) >= 11 is 0. The van der Waals surface area contributed by atoms with E-state index in [1.165, 1.54) is 0 Å². The fourth-order valence-corrected chi connectivity index (χ4v) is 3.06. The molecule has 3 rings (SSSR count). The van der Waals surface area contributed by atoms with Gasteiger partial charge in [-0.25, -0.2) is 0 Å². The van der Waals surface area contributed by atoms with Crippen LogP contribution < -0.4 is 10.2 Å². The van der Waals surface area contributed by atoms with Crippen LogP contribution in [0.25, 0.3) is 0 Å². The Hall–Kier alpha value is -1.62. The molecule has 0 bridgehead atoms. The lowest BCUT2D eigenvalue weighted by atomic mass is 10.0. The summed E-state index contributed by atoms with van der Waals surface area (Å²) in [5.74, 6) is 1.40. The summed E-state index contributed by atoms with van der Waals surface area (Å²) in [5, 5.41) is 14.4. The number of hydrogen-bond donors (Lipinski definition) is 1. The Morgan fingerprint density at radius 3 is 2.61 bits per heavy atom. The fourth-order valence-electron chi connectivity index (χ4n) is 3.06. The molecule has 2 aliphatic heterocycles. The Labute approximate surface area is 106 Å². The van der Waals surface area contributed by atoms with Crippen molar-refractivity contribution in [3.8, 4) is 0 Å². The van der Waals surface area contributed by atoms with Crippen LogP contribution in [0.4, 0.5) is 11.4 Å². The van der Waals surface area contributed by atoms with Gasteiger partial charge in [-0.15, -0.1) is 0 Å². The molecule has 2 atom stereocenters. The molecule has 2 saturated heterocycles. The van der Waals surface area contributed by atoms with Crippen LogP contribution in [0.1, 0.15) is 5.56 Å². The highest BCUT2D eigenvalue weighted by Gasteiger charge is 2.36. The zero-order valence-electron chi connectivity index (χ0n) is 10.4. The maximum absolute atomic E-state index is 11.0. The number of aryl methyl sites for hydroxylation is 1. The summed E-state index contributed by atoms with van der Waals surface area (Å²) in [5.41, 5.74) is 1.94. The first kappa shape index (κ1) is 11.5. The van der Waals surface area contributed by atoms with Gasteiger partial charge in [-0.2, -0.15) is 0 Å². The molecular weight excluding hydrogens is 230 g/mol. The van der Waals surface area contributed by atoms with Crippen molar-refractivity contribution < 1.29 is 4.92 Å². The number of fused-ring (bicyclic) bond motifs is 1. The van der Waals surface area contributed by atoms with E-state index >= 15 is 0 Å². The largest absolute Gasteiger partial charge is 0.371 e. The van der Waals surface area contributed by atoms with E-state index in [1.54, 1.807) is 13.0 Å². The van der Waals surface area contributed by atoms with Gasteiger partial charge in [0.15, 0.2) is 0 Å². The van der Waals surface area contributed by atoms with E-state index in [0.717, 1.165) is 37.4 Å². The van der Waals surface area contributed by atoms with E-state index in [4.69, 9.17) is 0 Å². The van der Waals surface area contributed by atoms with E-state index < -0.39 is 0 Å². The van der Waals surface area contributed by atoms with Crippen LogP contribution in [-0.4, -0.2) is 31.1 Å². The van der Waals surface area contributed by atoms with Gasteiger partial charge in [0.25, 0.3) is 5.69 Å². The Kier molecular flexibility index (Phi) is 2.70. The van der Waals surface area contributed by atoms with Crippen molar-refractivity contribution in [1.82, 2.24) is 5.32 Å². The van der Waals surface area contributed by atoms with Crippen molar-refractivity contribution >= 4 is 11.4 Å². The normalized spacial score (nSPS) is 26.4. The third kappa shape index (κ3) is 1.84. The highest BCUT2D eigenvalue weighted by molar-refractivity contribution is 5.57. The minimum Gasteiger partial charge on any atom is -0.371 e. The molecule has 96 valence electrons. The van der Waals surface area contributed by atoms with Gasteiger partial charge in [0, 0.05) is 43.5 Å². The molecule has 5 nitrogen and oxygen atoms in total. The third-order valence-corrected chi connectivity index (χ3v) is 4.14. The molecule has 0 saturated carbocycles. The van der Waals surface area contributed by atoms with Crippen molar-refractivity contribution in [1.29, 1.82) is 0 Å². The van der Waals surface area contributed by atoms with E-state index in [9.17, 15) is 10.1 Å². The van der Waals surface area contributed by atoms with Crippen LogP contribution >= 0.6 is 0 Å². The van der Waals surface area contributed by atoms with E-state index in [2.05, 4.69) is 10.2 Å². The Morgan fingerprint density at radius 1 is 1.33 bits per heavy atom. The standard InChI is InChI=1S/C13H17N3O2/c1-9-2-3-12(4-13(9)16(17)18)15-7-10-5-14-6-11(10)8-15/h2-4,10-11,14H,5-8H2,1H3. The summed E-state index contributed by atoms with van der Waals surface area (Å²) < 4.78 is 0. The van der Waals surface area contributed by atoms with Crippen molar-refractivity contribution in [2.24, 2.45) is 11.8 Å². The predicted octanol–water partition coefficient (Wildman–Crippen LogP) is 1.56. The number of nitro benzene ring substituents is 1. The molecule has 18 heavy (non-hydrogen) atoms. The van der Waals surface area contributed by atoms with Crippen LogP contribution in [0, 0.1) is 28.9 Å². The molecule has 0 aliphatic carbocycles. The fraction of sp³-hybridized carbons (Fsp3) is 0.538. The van der Waals surface area contributed by atoms with Gasteiger partial charge in [-0.1, -0.05) is 6.07 Å². The SMILES string of the molecule is Cc1ccc(N2CC3CNCC3C2)cc1[N+](=O)[O-]. The second kappa shape index (κ2) is 4.24. The topological polar surface area (TPSA) is 58.4 Å². The smallest absolute Gasteiger partial charge is 0.274 e. The number of nitro groups is 1. The van der Waals surface area contributed by atoms with Gasteiger partial charge < -0.3 is 10.2 Å². The minimum absolute atomic E-state index is 0.225. The molecule has 0 aromatic heterocycles. The Balaban J connectivity index is 1.85. The molecule has 5 heteroatoms. The highest BCUT2D eigenvalue weighted by Crippen LogP contribution is 2.32. The van der Waals surface area contributed by atoms with Crippen molar-refractivity contribution in [3.05, 3.63) is 33.9 Å². The molecule has 0 radical (unpaired) electrons. The molecule has 2 aliphatic rings. The first-order chi connectivity index (χ1) is 8.65. The van der Waals surface area contributed by atoms with Crippen LogP contribution in [0.15, 0.2) is 18.2 Å². The summed E-state index contributed by atoms with van der Waals surface area (Å²) in [4.78, 5) is 12.9. The summed E-state index contributed by atoms with van der Waals surface area (Å²) in [6, 6.07) is 5.56. The second-order valence-electron chi connectivity index (χ2n) is 5.31. The monoisotopic (exact) mass is 247 g/mol. The molecule has 2 fully saturated rings. The van der Waals surface area contributed by atoms with Gasteiger partial charge >= 0.3 is 0 Å². The molecule has 1 aromatic carbocycles. The summed E-state index contributed by atoms with van der Waals surface area (Å²) in [6.45, 7) is 5.96. The molecular formula is C13H17N3O2. The maximum atomic E-state index is 11.0. The zero-order chi connectivity index (χ0) is 12.7. The molecule has 1 N–H and O–H groups in total. The minimum atomic E-state index is -0.294. The van der Waals surface area contributed by atoms with Crippen LogP contribution in [0.3, 0.4) is 0 Å². The lowest BCUT2D eigenvalue weighted by molar-refractivity contribution is -0.385. The van der Waals surface area contributed by atoms with E-state index in [0.29, 0.717) is 11.8 Å². The van der Waals surface area contributed by atoms with Crippen LogP contribution in [0.2, 0.25) is 0 Å². The van der Waals surface area contributed by atoms with Crippen LogP contribution in [-0.2, 0) is 0 Å². The van der Waals surface area contributed by atoms with E-state index in [1.807, 2.05) is 12.1 Å². The molecule has 0 amide bonds. The van der Waals surface area contributed by atoms with Gasteiger partial charge in [-0.3, -0.25) is 10.1 Å². The Bertz CT molecular complexity index is 477. The van der Waals surface area contributed by atoms with Crippen molar-refractivity contribution in [2.45, 2.75) is 6.92 Å². The molecule has 2 unspecified atom stereocenters. The number of rotatable bonds is 2. The number of nitrogens with zero attached hydrogens (tertiary/aromatic N) is 2. The zero-order valence-corrected chi connectivity index (χ0v) is 10.4. The lowest BCUT2D eigenvalue weighted by Gasteiger charge is -2.19. The summed E-state index contributed by atoms with van der Waals surface area (Å²) in [7, 11) is 0. The maximum Gasteiger partial charge on any atom is 0.274 e. The first-order valence-electron chi connectivity index (χ1n) is 6.36. The van der Waals surface area contributed by atoms with Gasteiger partial charge in [-0.05, 0) is 24.8 Å². The number of hydrogen-bond acceptors (Lipinski definition) is 4. The average Bonchev–Trinajstić information content (AvgIpc) is 2.89. The molecule has 0 spiro atoms. The van der Waals surface area contributed by atoms with Crippen molar-refractivity contribution in [3.63, 3.8) is 0 Å². The van der Waals surface area contributed by atoms with Gasteiger partial charge in [0.05, 0.1) is 4.92 Å². The highest BCUT2D eigenvalue weighted by atomic mass is 16.6. The van der Waals surface area contributed by atoms with Gasteiger partial charge in [0.2, 0.25) is 0 Å². The van der Waals surface area contributed by atoms with Gasteiger partial charge in [0.1, 0.15) is 0 Å². The van der Waals surface area contributed by atoms with Crippen molar-refractivity contribution in [2.75, 3.05) is 31.1 Å². The van der Waals surface area contributed by atoms with E-state index in [-0.39, 0.29) is 10.6 Å². The predicted molar refractivity (Wildman–Crippen MR) is 69.9 cm³/mol. The Morgan fingerprint density at radius 2 is 2.00 bits per heavy atom. The average molecular weight is 247 g/mol. The number of nitrogens with one attached hydrogen (secondary N) is 1.